The van der Waals surface area contributed by atoms with E-state index in [1.165, 1.54) is 11.1 Å². The highest BCUT2D eigenvalue weighted by molar-refractivity contribution is 7.85. The average molecular weight is 301 g/mol. The van der Waals surface area contributed by atoms with Crippen LogP contribution in [0.1, 0.15) is 33.9 Å². The van der Waals surface area contributed by atoms with Crippen molar-refractivity contribution in [3.63, 3.8) is 0 Å². The number of nitrogens with two attached hydrogens (primary N) is 1. The zero-order valence-corrected chi connectivity index (χ0v) is 14.0. The summed E-state index contributed by atoms with van der Waals surface area (Å²) in [6.07, 6.45) is 0. The lowest BCUT2D eigenvalue weighted by molar-refractivity contribution is 0.674. The molecule has 0 aromatic heterocycles. The van der Waals surface area contributed by atoms with Crippen LogP contribution in [0, 0.1) is 27.7 Å². The molecule has 2 atom stereocenters. The second-order valence-corrected chi connectivity index (χ2v) is 7.20. The van der Waals surface area contributed by atoms with Crippen LogP contribution in [0.4, 0.5) is 0 Å². The van der Waals surface area contributed by atoms with E-state index in [4.69, 9.17) is 5.73 Å². The summed E-state index contributed by atoms with van der Waals surface area (Å²) in [6, 6.07) is 12.1. The molecule has 2 aromatic rings. The summed E-state index contributed by atoms with van der Waals surface area (Å²) in [6.45, 7) is 8.17. The molecule has 2 unspecified atom stereocenters. The number of hydrogen-bond donors (Lipinski definition) is 1. The van der Waals surface area contributed by atoms with E-state index >= 15 is 0 Å². The minimum atomic E-state index is -1.07. The first-order valence-corrected chi connectivity index (χ1v) is 8.48. The summed E-state index contributed by atoms with van der Waals surface area (Å²) in [5.41, 5.74) is 12.0. The Labute approximate surface area is 129 Å². The van der Waals surface area contributed by atoms with Gasteiger partial charge in [-0.2, -0.15) is 0 Å². The second-order valence-electron chi connectivity index (χ2n) is 5.73. The zero-order chi connectivity index (χ0) is 15.6. The van der Waals surface area contributed by atoms with Gasteiger partial charge in [-0.25, -0.2) is 0 Å². The molecule has 0 spiro atoms. The van der Waals surface area contributed by atoms with Crippen LogP contribution in [-0.2, 0) is 10.8 Å². The fraction of sp³-hybridized carbons (Fsp3) is 0.333. The van der Waals surface area contributed by atoms with E-state index in [2.05, 4.69) is 26.0 Å². The Bertz CT molecular complexity index is 679. The van der Waals surface area contributed by atoms with Gasteiger partial charge in [-0.05, 0) is 61.6 Å². The van der Waals surface area contributed by atoms with Gasteiger partial charge in [0.15, 0.2) is 0 Å². The van der Waals surface area contributed by atoms with Crippen LogP contribution in [0.3, 0.4) is 0 Å². The predicted molar refractivity (Wildman–Crippen MR) is 90.0 cm³/mol. The Balaban J connectivity index is 2.18. The minimum absolute atomic E-state index is 0.204. The zero-order valence-electron chi connectivity index (χ0n) is 13.1. The maximum absolute atomic E-state index is 12.6. The van der Waals surface area contributed by atoms with E-state index in [1.807, 2.05) is 38.1 Å². The van der Waals surface area contributed by atoms with E-state index in [1.54, 1.807) is 0 Å². The van der Waals surface area contributed by atoms with Gasteiger partial charge in [0.1, 0.15) is 0 Å². The quantitative estimate of drug-likeness (QED) is 0.935. The van der Waals surface area contributed by atoms with Gasteiger partial charge in [-0.3, -0.25) is 4.21 Å². The van der Waals surface area contributed by atoms with E-state index in [-0.39, 0.29) is 6.04 Å². The molecule has 2 aromatic carbocycles. The van der Waals surface area contributed by atoms with Crippen molar-refractivity contribution in [1.29, 1.82) is 0 Å². The molecule has 0 bridgehead atoms. The third-order valence-corrected chi connectivity index (χ3v) is 5.47. The Hall–Kier alpha value is -1.45. The highest BCUT2D eigenvalue weighted by Gasteiger charge is 2.14. The lowest BCUT2D eigenvalue weighted by atomic mass is 10.0. The van der Waals surface area contributed by atoms with Crippen LogP contribution < -0.4 is 5.73 Å². The number of aryl methyl sites for hydroxylation is 4. The van der Waals surface area contributed by atoms with Gasteiger partial charge in [0.2, 0.25) is 0 Å². The summed E-state index contributed by atoms with van der Waals surface area (Å²) in [7, 11) is -1.07. The van der Waals surface area contributed by atoms with Crippen molar-refractivity contribution in [2.75, 3.05) is 5.75 Å². The molecule has 21 heavy (non-hydrogen) atoms. The monoisotopic (exact) mass is 301 g/mol. The summed E-state index contributed by atoms with van der Waals surface area (Å²) < 4.78 is 12.6. The number of hydrogen-bond acceptors (Lipinski definition) is 2. The van der Waals surface area contributed by atoms with Gasteiger partial charge in [-0.15, -0.1) is 0 Å². The van der Waals surface area contributed by atoms with Crippen molar-refractivity contribution in [1.82, 2.24) is 0 Å². The first kappa shape index (κ1) is 15.9. The molecular formula is C18H23NOS. The van der Waals surface area contributed by atoms with E-state index < -0.39 is 10.8 Å². The van der Waals surface area contributed by atoms with Crippen molar-refractivity contribution in [3.05, 3.63) is 64.2 Å². The topological polar surface area (TPSA) is 43.1 Å². The fourth-order valence-corrected chi connectivity index (χ4v) is 3.74. The normalized spacial score (nSPS) is 14.0. The van der Waals surface area contributed by atoms with Gasteiger partial charge in [-0.1, -0.05) is 30.3 Å². The van der Waals surface area contributed by atoms with Gasteiger partial charge < -0.3 is 5.73 Å². The molecule has 0 amide bonds. The van der Waals surface area contributed by atoms with Crippen LogP contribution in [0.15, 0.2) is 41.3 Å². The number of rotatable bonds is 4. The molecule has 2 nitrogen and oxygen atoms in total. The van der Waals surface area contributed by atoms with E-state index in [0.29, 0.717) is 5.75 Å². The molecule has 0 fully saturated rings. The van der Waals surface area contributed by atoms with E-state index in [9.17, 15) is 4.21 Å². The second kappa shape index (κ2) is 6.54. The molecular weight excluding hydrogens is 278 g/mol. The van der Waals surface area contributed by atoms with Gasteiger partial charge in [0, 0.05) is 16.7 Å². The van der Waals surface area contributed by atoms with E-state index in [0.717, 1.165) is 21.6 Å². The van der Waals surface area contributed by atoms with Crippen LogP contribution in [0.25, 0.3) is 0 Å². The molecule has 2 N–H and O–H groups in total. The third-order valence-electron chi connectivity index (χ3n) is 3.88. The predicted octanol–water partition coefficient (Wildman–Crippen LogP) is 3.73. The van der Waals surface area contributed by atoms with Crippen molar-refractivity contribution in [3.8, 4) is 0 Å². The third kappa shape index (κ3) is 3.80. The lowest BCUT2D eigenvalue weighted by Gasteiger charge is -2.15. The van der Waals surface area contributed by atoms with Gasteiger partial charge >= 0.3 is 0 Å². The fourth-order valence-electron chi connectivity index (χ4n) is 2.30. The molecule has 0 saturated heterocycles. The molecule has 2 rings (SSSR count). The molecule has 0 aliphatic rings. The van der Waals surface area contributed by atoms with Gasteiger partial charge in [0.25, 0.3) is 0 Å². The Kier molecular flexibility index (Phi) is 4.96. The summed E-state index contributed by atoms with van der Waals surface area (Å²) in [5.74, 6) is 0.451. The molecule has 0 radical (unpaired) electrons. The maximum atomic E-state index is 12.6. The van der Waals surface area contributed by atoms with Crippen molar-refractivity contribution in [2.24, 2.45) is 5.73 Å². The van der Waals surface area contributed by atoms with Crippen molar-refractivity contribution < 1.29 is 4.21 Å². The summed E-state index contributed by atoms with van der Waals surface area (Å²) in [5, 5.41) is 0. The van der Waals surface area contributed by atoms with Crippen LogP contribution in [0.2, 0.25) is 0 Å². The van der Waals surface area contributed by atoms with Crippen LogP contribution in [0.5, 0.6) is 0 Å². The molecule has 0 heterocycles. The van der Waals surface area contributed by atoms with Crippen molar-refractivity contribution in [2.45, 2.75) is 38.6 Å². The number of benzene rings is 2. The SMILES string of the molecule is Cc1ccc(C)c(S(=O)CC(N)c2ccc(C)c(C)c2)c1. The summed E-state index contributed by atoms with van der Waals surface area (Å²) >= 11 is 0. The smallest absolute Gasteiger partial charge is 0.0551 e. The minimum Gasteiger partial charge on any atom is -0.323 e. The Morgan fingerprint density at radius 3 is 2.29 bits per heavy atom. The Morgan fingerprint density at radius 2 is 1.62 bits per heavy atom. The molecule has 3 heteroatoms. The van der Waals surface area contributed by atoms with Crippen LogP contribution in [-0.4, -0.2) is 9.96 Å². The standard InChI is InChI=1S/C18H23NOS/c1-12-5-6-14(3)18(9-12)21(20)11-17(19)16-8-7-13(2)15(4)10-16/h5-10,17H,11,19H2,1-4H3. The largest absolute Gasteiger partial charge is 0.323 e. The van der Waals surface area contributed by atoms with Crippen molar-refractivity contribution >= 4 is 10.8 Å². The summed E-state index contributed by atoms with van der Waals surface area (Å²) in [4.78, 5) is 0.897. The molecule has 0 saturated carbocycles. The average Bonchev–Trinajstić information content (AvgIpc) is 2.44. The lowest BCUT2D eigenvalue weighted by Crippen LogP contribution is -2.19. The first-order chi connectivity index (χ1) is 9.88. The molecule has 0 aliphatic carbocycles. The maximum Gasteiger partial charge on any atom is 0.0551 e. The highest BCUT2D eigenvalue weighted by Crippen LogP contribution is 2.21. The molecule has 112 valence electrons. The van der Waals surface area contributed by atoms with Crippen LogP contribution >= 0.6 is 0 Å². The first-order valence-electron chi connectivity index (χ1n) is 7.17. The van der Waals surface area contributed by atoms with Gasteiger partial charge in [0.05, 0.1) is 10.8 Å². The Morgan fingerprint density at radius 1 is 0.952 bits per heavy atom. The molecule has 0 aliphatic heterocycles. The highest BCUT2D eigenvalue weighted by atomic mass is 32.2.